The van der Waals surface area contributed by atoms with Crippen molar-refractivity contribution in [2.75, 3.05) is 0 Å². The Morgan fingerprint density at radius 1 is 0.800 bits per heavy atom. The first-order valence-corrected chi connectivity index (χ1v) is 12.9. The highest BCUT2D eigenvalue weighted by Gasteiger charge is 2.30. The second kappa shape index (κ2) is 13.0. The van der Waals surface area contributed by atoms with Gasteiger partial charge in [-0.05, 0) is 92.6 Å². The van der Waals surface area contributed by atoms with E-state index in [-0.39, 0.29) is 0 Å². The lowest BCUT2D eigenvalue weighted by Gasteiger charge is -2.38. The molecule has 2 aliphatic rings. The first kappa shape index (κ1) is 23.1. The van der Waals surface area contributed by atoms with E-state index >= 15 is 0 Å². The van der Waals surface area contributed by atoms with Gasteiger partial charge in [0, 0.05) is 6.08 Å². The van der Waals surface area contributed by atoms with Crippen LogP contribution in [0.25, 0.3) is 0 Å². The van der Waals surface area contributed by atoms with Crippen LogP contribution in [-0.4, -0.2) is 0 Å². The number of allylic oxidation sites excluding steroid dienone is 2. The van der Waals surface area contributed by atoms with Crippen LogP contribution in [0.5, 0.6) is 0 Å². The van der Waals surface area contributed by atoms with Gasteiger partial charge in [-0.1, -0.05) is 75.8 Å². The van der Waals surface area contributed by atoms with Gasteiger partial charge in [-0.15, -0.1) is 0 Å². The molecule has 3 rings (SSSR count). The van der Waals surface area contributed by atoms with Crippen LogP contribution in [0.2, 0.25) is 0 Å². The third-order valence-electron chi connectivity index (χ3n) is 8.14. The third-order valence-corrected chi connectivity index (χ3v) is 8.14. The summed E-state index contributed by atoms with van der Waals surface area (Å²) in [6, 6.07) is 11.4. The van der Waals surface area contributed by atoms with Gasteiger partial charge in [-0.25, -0.2) is 0 Å². The molecule has 0 aromatic heterocycles. The number of nitrogens with zero attached hydrogens (tertiary/aromatic N) is 1. The van der Waals surface area contributed by atoms with Crippen LogP contribution in [0.15, 0.2) is 36.4 Å². The van der Waals surface area contributed by atoms with Gasteiger partial charge in [0.2, 0.25) is 0 Å². The van der Waals surface area contributed by atoms with Gasteiger partial charge in [-0.3, -0.25) is 0 Å². The van der Waals surface area contributed by atoms with Crippen molar-refractivity contribution in [2.24, 2.45) is 23.7 Å². The smallest absolute Gasteiger partial charge is 0.0908 e. The van der Waals surface area contributed by atoms with Crippen LogP contribution < -0.4 is 0 Å². The van der Waals surface area contributed by atoms with E-state index < -0.39 is 0 Å². The summed E-state index contributed by atoms with van der Waals surface area (Å²) in [7, 11) is 0. The minimum absolute atomic E-state index is 0.916. The van der Waals surface area contributed by atoms with Gasteiger partial charge in [-0.2, -0.15) is 5.26 Å². The van der Waals surface area contributed by atoms with Crippen LogP contribution in [-0.2, 0) is 12.8 Å². The highest BCUT2D eigenvalue weighted by Crippen LogP contribution is 2.43. The second-order valence-corrected chi connectivity index (χ2v) is 10.1. The van der Waals surface area contributed by atoms with Crippen molar-refractivity contribution >= 4 is 0 Å². The minimum Gasteiger partial charge on any atom is -0.193 e. The zero-order valence-corrected chi connectivity index (χ0v) is 19.3. The Balaban J connectivity index is 1.25. The van der Waals surface area contributed by atoms with Crippen molar-refractivity contribution in [1.29, 1.82) is 5.26 Å². The maximum Gasteiger partial charge on any atom is 0.0908 e. The van der Waals surface area contributed by atoms with Crippen molar-refractivity contribution in [2.45, 2.75) is 103 Å². The zero-order valence-electron chi connectivity index (χ0n) is 19.3. The van der Waals surface area contributed by atoms with Gasteiger partial charge in [0.15, 0.2) is 0 Å². The van der Waals surface area contributed by atoms with E-state index in [1.54, 1.807) is 6.08 Å². The summed E-state index contributed by atoms with van der Waals surface area (Å²) in [5.74, 6) is 3.96. The topological polar surface area (TPSA) is 23.8 Å². The maximum atomic E-state index is 8.59. The summed E-state index contributed by atoms with van der Waals surface area (Å²) in [4.78, 5) is 0. The molecule has 0 aliphatic heterocycles. The molecule has 0 unspecified atom stereocenters. The fourth-order valence-corrected chi connectivity index (χ4v) is 6.07. The molecule has 1 heteroatoms. The Hall–Kier alpha value is -1.55. The van der Waals surface area contributed by atoms with Crippen LogP contribution in [0.4, 0.5) is 0 Å². The predicted molar refractivity (Wildman–Crippen MR) is 128 cm³/mol. The van der Waals surface area contributed by atoms with Crippen molar-refractivity contribution in [3.63, 3.8) is 0 Å². The summed E-state index contributed by atoms with van der Waals surface area (Å²) < 4.78 is 0. The average Bonchev–Trinajstić information content (AvgIpc) is 2.81. The number of aryl methyl sites for hydroxylation is 2. The fraction of sp³-hybridized carbons (Fsp3) is 0.690. The highest BCUT2D eigenvalue weighted by molar-refractivity contribution is 5.22. The molecule has 2 saturated carbocycles. The van der Waals surface area contributed by atoms with E-state index in [0.29, 0.717) is 0 Å². The molecule has 2 aliphatic carbocycles. The molecule has 0 radical (unpaired) electrons. The SMILES string of the molecule is CCc1ccc(CCCC[C@H]2CC[C@H]([C@H]3CC[C@H](CCC=CC#N)CC3)CC2)cc1. The summed E-state index contributed by atoms with van der Waals surface area (Å²) in [6.45, 7) is 2.23. The Kier molecular flexibility index (Phi) is 10.0. The Bertz CT molecular complexity index is 649. The quantitative estimate of drug-likeness (QED) is 0.283. The minimum atomic E-state index is 0.916. The molecule has 0 bridgehead atoms. The first-order valence-electron chi connectivity index (χ1n) is 12.9. The Morgan fingerprint density at radius 2 is 1.37 bits per heavy atom. The number of hydrogen-bond donors (Lipinski definition) is 0. The molecule has 0 atom stereocenters. The maximum absolute atomic E-state index is 8.59. The molecule has 0 saturated heterocycles. The van der Waals surface area contributed by atoms with Crippen LogP contribution in [0.1, 0.15) is 102 Å². The summed E-state index contributed by atoms with van der Waals surface area (Å²) in [6.07, 6.45) is 24.5. The van der Waals surface area contributed by atoms with Gasteiger partial charge in [0.25, 0.3) is 0 Å². The van der Waals surface area contributed by atoms with Crippen molar-refractivity contribution in [3.8, 4) is 6.07 Å². The molecule has 1 aromatic rings. The van der Waals surface area contributed by atoms with E-state index in [0.717, 1.165) is 36.5 Å². The Morgan fingerprint density at radius 3 is 1.93 bits per heavy atom. The molecule has 2 fully saturated rings. The molecular formula is C29H43N. The number of unbranched alkanes of at least 4 members (excludes halogenated alkanes) is 1. The van der Waals surface area contributed by atoms with Gasteiger partial charge in [0.1, 0.15) is 0 Å². The van der Waals surface area contributed by atoms with Crippen LogP contribution >= 0.6 is 0 Å². The zero-order chi connectivity index (χ0) is 21.0. The normalized spacial score (nSPS) is 27.2. The van der Waals surface area contributed by atoms with Crippen LogP contribution in [0, 0.1) is 35.0 Å². The van der Waals surface area contributed by atoms with Gasteiger partial charge >= 0.3 is 0 Å². The molecule has 1 nitrogen and oxygen atoms in total. The van der Waals surface area contributed by atoms with Gasteiger partial charge < -0.3 is 0 Å². The molecule has 0 spiro atoms. The van der Waals surface area contributed by atoms with Crippen molar-refractivity contribution < 1.29 is 0 Å². The molecule has 164 valence electrons. The molecule has 0 amide bonds. The summed E-state index contributed by atoms with van der Waals surface area (Å²) in [5, 5.41) is 8.59. The molecule has 0 N–H and O–H groups in total. The molecular weight excluding hydrogens is 362 g/mol. The monoisotopic (exact) mass is 405 g/mol. The molecule has 1 aromatic carbocycles. The number of benzene rings is 1. The summed E-state index contributed by atoms with van der Waals surface area (Å²) >= 11 is 0. The fourth-order valence-electron chi connectivity index (χ4n) is 6.07. The third kappa shape index (κ3) is 7.61. The van der Waals surface area contributed by atoms with Gasteiger partial charge in [0.05, 0.1) is 6.07 Å². The first-order chi connectivity index (χ1) is 14.8. The molecule has 30 heavy (non-hydrogen) atoms. The standard InChI is InChI=1S/C29H43N/c1-2-24-11-13-25(14-12-24)9-5-6-10-27-17-21-29(22-18-27)28-19-15-26(16-20-28)8-4-3-7-23-30/h3,7,11-14,26-29H,2,4-6,8-10,15-22H2,1H3/t26-,27-,28-,29-. The van der Waals surface area contributed by atoms with E-state index in [1.165, 1.54) is 94.6 Å². The van der Waals surface area contributed by atoms with Crippen molar-refractivity contribution in [1.82, 2.24) is 0 Å². The largest absolute Gasteiger partial charge is 0.193 e. The predicted octanol–water partition coefficient (Wildman–Crippen LogP) is 8.43. The van der Waals surface area contributed by atoms with E-state index in [4.69, 9.17) is 5.26 Å². The lowest BCUT2D eigenvalue weighted by Crippen LogP contribution is -2.25. The molecule has 0 heterocycles. The van der Waals surface area contributed by atoms with Crippen LogP contribution in [0.3, 0.4) is 0 Å². The van der Waals surface area contributed by atoms with E-state index in [9.17, 15) is 0 Å². The average molecular weight is 406 g/mol. The number of rotatable bonds is 10. The van der Waals surface area contributed by atoms with E-state index in [1.807, 2.05) is 0 Å². The highest BCUT2D eigenvalue weighted by atomic mass is 14.4. The lowest BCUT2D eigenvalue weighted by molar-refractivity contribution is 0.140. The number of nitriles is 1. The second-order valence-electron chi connectivity index (χ2n) is 10.1. The van der Waals surface area contributed by atoms with E-state index in [2.05, 4.69) is 43.3 Å². The number of hydrogen-bond acceptors (Lipinski definition) is 1. The van der Waals surface area contributed by atoms with Crippen molar-refractivity contribution in [3.05, 3.63) is 47.5 Å². The Labute approximate surface area is 186 Å². The lowest BCUT2D eigenvalue weighted by atomic mass is 9.68. The summed E-state index contributed by atoms with van der Waals surface area (Å²) in [5.41, 5.74) is 2.98.